The lowest BCUT2D eigenvalue weighted by Gasteiger charge is -2.26. The third-order valence-corrected chi connectivity index (χ3v) is 3.21. The highest BCUT2D eigenvalue weighted by Gasteiger charge is 2.30. The number of amides is 1. The normalized spacial score (nSPS) is 25.5. The van der Waals surface area contributed by atoms with E-state index in [-0.39, 0.29) is 12.0 Å². The molecule has 0 radical (unpaired) electrons. The molecule has 0 aliphatic carbocycles. The molecule has 5 heteroatoms. The summed E-state index contributed by atoms with van der Waals surface area (Å²) in [6, 6.07) is 0.421. The van der Waals surface area contributed by atoms with Gasteiger partial charge in [0.25, 0.3) is 0 Å². The van der Waals surface area contributed by atoms with Crippen LogP contribution in [0.2, 0.25) is 0 Å². The second-order valence-corrected chi connectivity index (χ2v) is 5.08. The quantitative estimate of drug-likeness (QED) is 0.661. The smallest absolute Gasteiger partial charge is 0.219 e. The van der Waals surface area contributed by atoms with Gasteiger partial charge in [0.15, 0.2) is 0 Å². The highest BCUT2D eigenvalue weighted by molar-refractivity contribution is 5.75. The number of aliphatic hydroxyl groups is 1. The Bertz CT molecular complexity index is 246. The summed E-state index contributed by atoms with van der Waals surface area (Å²) in [4.78, 5) is 15.6. The summed E-state index contributed by atoms with van der Waals surface area (Å²) >= 11 is 0. The van der Waals surface area contributed by atoms with Gasteiger partial charge >= 0.3 is 0 Å². The molecule has 1 amide bonds. The number of β-amino-alcohol motifs (C(OH)–C–C–N with tert-alkyl or cyclic N) is 1. The van der Waals surface area contributed by atoms with Crippen molar-refractivity contribution in [1.82, 2.24) is 15.1 Å². The maximum Gasteiger partial charge on any atom is 0.219 e. The van der Waals surface area contributed by atoms with Crippen molar-refractivity contribution in [1.29, 1.82) is 0 Å². The van der Waals surface area contributed by atoms with E-state index in [1.54, 1.807) is 7.05 Å². The number of hydrogen-bond donors (Lipinski definition) is 2. The second kappa shape index (κ2) is 6.93. The van der Waals surface area contributed by atoms with Gasteiger partial charge in [-0.15, -0.1) is 0 Å². The third kappa shape index (κ3) is 5.02. The molecule has 0 aromatic heterocycles. The van der Waals surface area contributed by atoms with Crippen LogP contribution in [0.1, 0.15) is 19.3 Å². The van der Waals surface area contributed by atoms with Crippen LogP contribution in [-0.4, -0.2) is 73.7 Å². The zero-order valence-electron chi connectivity index (χ0n) is 11.1. The van der Waals surface area contributed by atoms with Gasteiger partial charge in [-0.1, -0.05) is 0 Å². The zero-order valence-corrected chi connectivity index (χ0v) is 11.1. The summed E-state index contributed by atoms with van der Waals surface area (Å²) in [7, 11) is 5.76. The summed E-state index contributed by atoms with van der Waals surface area (Å²) in [6.07, 6.45) is 2.06. The van der Waals surface area contributed by atoms with Crippen LogP contribution in [0.25, 0.3) is 0 Å². The van der Waals surface area contributed by atoms with Crippen LogP contribution in [0.4, 0.5) is 0 Å². The molecular formula is C12H25N3O2. The molecule has 0 aromatic rings. The van der Waals surface area contributed by atoms with E-state index >= 15 is 0 Å². The SMILES string of the molecule is CNC(=O)CCCN1CC(O)CC1CN(C)C. The Kier molecular flexibility index (Phi) is 5.88. The maximum atomic E-state index is 11.1. The Morgan fingerprint density at radius 3 is 2.82 bits per heavy atom. The van der Waals surface area contributed by atoms with Crippen LogP contribution in [0.15, 0.2) is 0 Å². The summed E-state index contributed by atoms with van der Waals surface area (Å²) in [5, 5.41) is 12.3. The number of hydrogen-bond acceptors (Lipinski definition) is 4. The van der Waals surface area contributed by atoms with Gasteiger partial charge in [-0.3, -0.25) is 9.69 Å². The Balaban J connectivity index is 2.31. The van der Waals surface area contributed by atoms with Gasteiger partial charge in [0.2, 0.25) is 5.91 Å². The number of rotatable bonds is 6. The topological polar surface area (TPSA) is 55.8 Å². The van der Waals surface area contributed by atoms with Crippen molar-refractivity contribution in [2.24, 2.45) is 0 Å². The van der Waals surface area contributed by atoms with E-state index in [9.17, 15) is 9.90 Å². The fraction of sp³-hybridized carbons (Fsp3) is 0.917. The summed E-state index contributed by atoms with van der Waals surface area (Å²) in [5.74, 6) is 0.0916. The van der Waals surface area contributed by atoms with Crippen LogP contribution < -0.4 is 5.32 Å². The first kappa shape index (κ1) is 14.4. The molecule has 1 aliphatic heterocycles. The average molecular weight is 243 g/mol. The molecule has 1 aliphatic rings. The summed E-state index contributed by atoms with van der Waals surface area (Å²) in [6.45, 7) is 2.60. The van der Waals surface area contributed by atoms with Crippen LogP contribution in [0.3, 0.4) is 0 Å². The maximum absolute atomic E-state index is 11.1. The fourth-order valence-electron chi connectivity index (χ4n) is 2.41. The van der Waals surface area contributed by atoms with E-state index < -0.39 is 0 Å². The number of nitrogens with one attached hydrogen (secondary N) is 1. The summed E-state index contributed by atoms with van der Waals surface area (Å²) < 4.78 is 0. The van der Waals surface area contributed by atoms with Crippen molar-refractivity contribution in [3.8, 4) is 0 Å². The van der Waals surface area contributed by atoms with E-state index in [2.05, 4.69) is 15.1 Å². The van der Waals surface area contributed by atoms with Gasteiger partial charge in [-0.2, -0.15) is 0 Å². The number of likely N-dealkylation sites (N-methyl/N-ethyl adjacent to an activating group) is 1. The Morgan fingerprint density at radius 2 is 2.24 bits per heavy atom. The van der Waals surface area contributed by atoms with E-state index in [1.807, 2.05) is 14.1 Å². The Labute approximate surface area is 104 Å². The first-order valence-electron chi connectivity index (χ1n) is 6.30. The molecule has 0 aromatic carbocycles. The van der Waals surface area contributed by atoms with Crippen molar-refractivity contribution in [3.05, 3.63) is 0 Å². The zero-order chi connectivity index (χ0) is 12.8. The minimum Gasteiger partial charge on any atom is -0.392 e. The van der Waals surface area contributed by atoms with E-state index in [4.69, 9.17) is 0 Å². The minimum absolute atomic E-state index is 0.0916. The van der Waals surface area contributed by atoms with Crippen molar-refractivity contribution >= 4 is 5.91 Å². The number of carbonyl (C=O) groups excluding carboxylic acids is 1. The molecule has 17 heavy (non-hydrogen) atoms. The first-order valence-corrected chi connectivity index (χ1v) is 6.30. The minimum atomic E-state index is -0.208. The second-order valence-electron chi connectivity index (χ2n) is 5.08. The number of nitrogens with zero attached hydrogens (tertiary/aromatic N) is 2. The molecule has 100 valence electrons. The van der Waals surface area contributed by atoms with Crippen molar-refractivity contribution in [2.75, 3.05) is 40.8 Å². The van der Waals surface area contributed by atoms with Gasteiger partial charge in [-0.05, 0) is 33.5 Å². The van der Waals surface area contributed by atoms with Gasteiger partial charge in [0.05, 0.1) is 6.10 Å². The van der Waals surface area contributed by atoms with E-state index in [0.717, 1.165) is 32.5 Å². The predicted molar refractivity (Wildman–Crippen MR) is 67.8 cm³/mol. The van der Waals surface area contributed by atoms with Crippen LogP contribution in [0, 0.1) is 0 Å². The molecular weight excluding hydrogens is 218 g/mol. The molecule has 0 saturated carbocycles. The van der Waals surface area contributed by atoms with E-state index in [1.165, 1.54) is 0 Å². The van der Waals surface area contributed by atoms with Crippen LogP contribution in [-0.2, 0) is 4.79 Å². The molecule has 1 fully saturated rings. The van der Waals surface area contributed by atoms with Gasteiger partial charge in [-0.25, -0.2) is 0 Å². The Hall–Kier alpha value is -0.650. The largest absolute Gasteiger partial charge is 0.392 e. The van der Waals surface area contributed by atoms with Crippen LogP contribution >= 0.6 is 0 Å². The molecule has 1 rings (SSSR count). The number of carbonyl (C=O) groups is 1. The number of aliphatic hydroxyl groups excluding tert-OH is 1. The third-order valence-electron chi connectivity index (χ3n) is 3.21. The van der Waals surface area contributed by atoms with Gasteiger partial charge < -0.3 is 15.3 Å². The first-order chi connectivity index (χ1) is 8.02. The van der Waals surface area contributed by atoms with Gasteiger partial charge in [0, 0.05) is 32.6 Å². The lowest BCUT2D eigenvalue weighted by molar-refractivity contribution is -0.120. The molecule has 2 N–H and O–H groups in total. The fourth-order valence-corrected chi connectivity index (χ4v) is 2.41. The highest BCUT2D eigenvalue weighted by Crippen LogP contribution is 2.18. The number of likely N-dealkylation sites (tertiary alicyclic amines) is 1. The molecule has 0 bridgehead atoms. The van der Waals surface area contributed by atoms with Crippen LogP contribution in [0.5, 0.6) is 0 Å². The van der Waals surface area contributed by atoms with Crippen molar-refractivity contribution in [2.45, 2.75) is 31.4 Å². The molecule has 1 saturated heterocycles. The Morgan fingerprint density at radius 1 is 1.53 bits per heavy atom. The molecule has 2 unspecified atom stereocenters. The van der Waals surface area contributed by atoms with Gasteiger partial charge in [0.1, 0.15) is 0 Å². The highest BCUT2D eigenvalue weighted by atomic mass is 16.3. The van der Waals surface area contributed by atoms with Crippen molar-refractivity contribution in [3.63, 3.8) is 0 Å². The molecule has 1 heterocycles. The molecule has 5 nitrogen and oxygen atoms in total. The molecule has 2 atom stereocenters. The summed E-state index contributed by atoms with van der Waals surface area (Å²) in [5.41, 5.74) is 0. The standard InChI is InChI=1S/C12H25N3O2/c1-13-12(17)5-4-6-15-9-11(16)7-10(15)8-14(2)3/h10-11,16H,4-9H2,1-3H3,(H,13,17). The van der Waals surface area contributed by atoms with E-state index in [0.29, 0.717) is 12.5 Å². The monoisotopic (exact) mass is 243 g/mol. The average Bonchev–Trinajstić information content (AvgIpc) is 2.58. The lowest BCUT2D eigenvalue weighted by atomic mass is 10.2. The van der Waals surface area contributed by atoms with Crippen molar-refractivity contribution < 1.29 is 9.90 Å². The predicted octanol–water partition coefficient (Wildman–Crippen LogP) is -0.491. The molecule has 0 spiro atoms. The lowest BCUT2D eigenvalue weighted by Crippen LogP contribution is -2.38.